The van der Waals surface area contributed by atoms with Gasteiger partial charge in [-0.25, -0.2) is 4.79 Å². The number of carbonyl (C=O) groups excluding carboxylic acids is 2. The zero-order valence-corrected chi connectivity index (χ0v) is 17.2. The lowest BCUT2D eigenvalue weighted by molar-refractivity contribution is -0.119. The number of carbonyl (C=O) groups is 2. The third kappa shape index (κ3) is 4.14. The molecule has 0 aliphatic rings. The highest BCUT2D eigenvalue weighted by Gasteiger charge is 2.18. The van der Waals surface area contributed by atoms with Crippen molar-refractivity contribution in [2.24, 2.45) is 0 Å². The third-order valence-corrected chi connectivity index (χ3v) is 4.99. The Morgan fingerprint density at radius 2 is 1.45 bits per heavy atom. The molecule has 0 spiro atoms. The van der Waals surface area contributed by atoms with Gasteiger partial charge in [-0.05, 0) is 39.7 Å². The smallest absolute Gasteiger partial charge is 0.339 e. The molecule has 0 saturated carbocycles. The Kier molecular flexibility index (Phi) is 5.71. The van der Waals surface area contributed by atoms with Crippen molar-refractivity contribution in [2.75, 3.05) is 26.1 Å². The molecule has 0 saturated heterocycles. The molecular weight excluding hydrogens is 394 g/mol. The molecule has 0 unspecified atom stereocenters. The second-order valence-electron chi connectivity index (χ2n) is 6.88. The molecule has 156 valence electrons. The molecule has 4 rings (SSSR count). The van der Waals surface area contributed by atoms with Crippen LogP contribution in [0.2, 0.25) is 0 Å². The van der Waals surface area contributed by atoms with E-state index in [2.05, 4.69) is 5.32 Å². The first-order valence-electron chi connectivity index (χ1n) is 9.70. The first-order chi connectivity index (χ1) is 15.1. The van der Waals surface area contributed by atoms with Gasteiger partial charge in [-0.15, -0.1) is 0 Å². The van der Waals surface area contributed by atoms with E-state index in [1.165, 1.54) is 7.11 Å². The highest BCUT2D eigenvalue weighted by Crippen LogP contribution is 2.30. The first kappa shape index (κ1) is 20.2. The maximum absolute atomic E-state index is 13.0. The van der Waals surface area contributed by atoms with Gasteiger partial charge < -0.3 is 19.5 Å². The van der Waals surface area contributed by atoms with Gasteiger partial charge in [-0.1, -0.05) is 48.5 Å². The number of hydrogen-bond donors (Lipinski definition) is 1. The van der Waals surface area contributed by atoms with Crippen LogP contribution in [0.1, 0.15) is 10.4 Å². The minimum atomic E-state index is -0.551. The Balaban J connectivity index is 1.55. The third-order valence-electron chi connectivity index (χ3n) is 4.99. The molecule has 0 radical (unpaired) electrons. The van der Waals surface area contributed by atoms with Crippen LogP contribution in [0.25, 0.3) is 21.5 Å². The van der Waals surface area contributed by atoms with Crippen molar-refractivity contribution in [1.82, 2.24) is 0 Å². The highest BCUT2D eigenvalue weighted by molar-refractivity contribution is 6.16. The number of rotatable bonds is 6. The summed E-state index contributed by atoms with van der Waals surface area (Å²) in [6, 6.07) is 22.3. The Hall–Kier alpha value is -4.06. The molecular formula is C25H21NO5. The minimum Gasteiger partial charge on any atom is -0.497 e. The Bertz CT molecular complexity index is 1230. The van der Waals surface area contributed by atoms with E-state index in [1.54, 1.807) is 25.3 Å². The molecule has 0 heterocycles. The number of anilines is 1. The van der Waals surface area contributed by atoms with Crippen molar-refractivity contribution in [2.45, 2.75) is 0 Å². The van der Waals surface area contributed by atoms with E-state index >= 15 is 0 Å². The van der Waals surface area contributed by atoms with Crippen LogP contribution in [0.3, 0.4) is 0 Å². The summed E-state index contributed by atoms with van der Waals surface area (Å²) in [5.41, 5.74) is 0.906. The number of fused-ring (bicyclic) bond motifs is 2. The molecule has 6 nitrogen and oxygen atoms in total. The Labute approximate surface area is 179 Å². The lowest BCUT2D eigenvalue weighted by Gasteiger charge is -2.13. The largest absolute Gasteiger partial charge is 0.497 e. The van der Waals surface area contributed by atoms with Gasteiger partial charge in [-0.2, -0.15) is 0 Å². The van der Waals surface area contributed by atoms with Crippen molar-refractivity contribution < 1.29 is 23.8 Å². The van der Waals surface area contributed by atoms with Crippen molar-refractivity contribution in [3.8, 4) is 11.5 Å². The predicted octanol–water partition coefficient (Wildman–Crippen LogP) is 4.81. The van der Waals surface area contributed by atoms with Gasteiger partial charge in [-0.3, -0.25) is 4.79 Å². The predicted molar refractivity (Wildman–Crippen MR) is 120 cm³/mol. The lowest BCUT2D eigenvalue weighted by atomic mass is 9.97. The second-order valence-corrected chi connectivity index (χ2v) is 6.88. The summed E-state index contributed by atoms with van der Waals surface area (Å²) in [7, 11) is 3.04. The fraction of sp³-hybridized carbons (Fsp3) is 0.120. The first-order valence-corrected chi connectivity index (χ1v) is 9.70. The lowest BCUT2D eigenvalue weighted by Crippen LogP contribution is -2.21. The van der Waals surface area contributed by atoms with E-state index in [-0.39, 0.29) is 0 Å². The molecule has 4 aromatic carbocycles. The average Bonchev–Trinajstić information content (AvgIpc) is 2.81. The fourth-order valence-corrected chi connectivity index (χ4v) is 3.52. The van der Waals surface area contributed by atoms with Gasteiger partial charge in [0.05, 0.1) is 25.5 Å². The maximum Gasteiger partial charge on any atom is 0.339 e. The molecule has 6 heteroatoms. The SMILES string of the molecule is COc1ccc(NC(=O)COC(=O)c2c3ccccc3cc3ccccc23)c(OC)c1. The van der Waals surface area contributed by atoms with E-state index in [4.69, 9.17) is 14.2 Å². The zero-order chi connectivity index (χ0) is 21.8. The van der Waals surface area contributed by atoms with Crippen LogP contribution in [0.15, 0.2) is 72.8 Å². The quantitative estimate of drug-likeness (QED) is 0.362. The van der Waals surface area contributed by atoms with Crippen molar-refractivity contribution in [1.29, 1.82) is 0 Å². The number of amides is 1. The van der Waals surface area contributed by atoms with Gasteiger partial charge >= 0.3 is 5.97 Å². The normalized spacial score (nSPS) is 10.6. The summed E-state index contributed by atoms with van der Waals surface area (Å²) in [6.45, 7) is -0.425. The molecule has 0 aromatic heterocycles. The van der Waals surface area contributed by atoms with Gasteiger partial charge in [0.2, 0.25) is 0 Å². The fourth-order valence-electron chi connectivity index (χ4n) is 3.52. The van der Waals surface area contributed by atoms with Crippen LogP contribution in [-0.4, -0.2) is 32.7 Å². The monoisotopic (exact) mass is 415 g/mol. The standard InChI is InChI=1S/C25H21NO5/c1-29-18-11-12-21(22(14-18)30-2)26-23(27)15-31-25(28)24-19-9-5-3-7-16(19)13-17-8-4-6-10-20(17)24/h3-14H,15H2,1-2H3,(H,26,27). The topological polar surface area (TPSA) is 73.9 Å². The van der Waals surface area contributed by atoms with Crippen molar-refractivity contribution in [3.63, 3.8) is 0 Å². The Morgan fingerprint density at radius 1 is 0.806 bits per heavy atom. The molecule has 31 heavy (non-hydrogen) atoms. The van der Waals surface area contributed by atoms with Crippen LogP contribution < -0.4 is 14.8 Å². The summed E-state index contributed by atoms with van der Waals surface area (Å²) in [4.78, 5) is 25.4. The number of benzene rings is 4. The summed E-state index contributed by atoms with van der Waals surface area (Å²) in [5, 5.41) is 6.12. The van der Waals surface area contributed by atoms with Gasteiger partial charge in [0.25, 0.3) is 5.91 Å². The molecule has 0 aliphatic heterocycles. The maximum atomic E-state index is 13.0. The number of hydrogen-bond acceptors (Lipinski definition) is 5. The zero-order valence-electron chi connectivity index (χ0n) is 17.2. The number of nitrogens with one attached hydrogen (secondary N) is 1. The average molecular weight is 415 g/mol. The number of methoxy groups -OCH3 is 2. The van der Waals surface area contributed by atoms with Crippen LogP contribution in [0.5, 0.6) is 11.5 Å². The van der Waals surface area contributed by atoms with E-state index in [1.807, 2.05) is 54.6 Å². The van der Waals surface area contributed by atoms with Gasteiger partial charge in [0.15, 0.2) is 6.61 Å². The van der Waals surface area contributed by atoms with Crippen molar-refractivity contribution in [3.05, 3.63) is 78.4 Å². The number of esters is 1. The summed E-state index contributed by atoms with van der Waals surface area (Å²) < 4.78 is 15.8. The molecule has 4 aromatic rings. The summed E-state index contributed by atoms with van der Waals surface area (Å²) in [5.74, 6) is 0.0226. The highest BCUT2D eigenvalue weighted by atomic mass is 16.5. The van der Waals surface area contributed by atoms with E-state index in [0.29, 0.717) is 22.7 Å². The van der Waals surface area contributed by atoms with E-state index in [9.17, 15) is 9.59 Å². The molecule has 1 N–H and O–H groups in total. The summed E-state index contributed by atoms with van der Waals surface area (Å²) in [6.07, 6.45) is 0. The van der Waals surface area contributed by atoms with E-state index in [0.717, 1.165) is 21.5 Å². The Morgan fingerprint density at radius 3 is 2.06 bits per heavy atom. The molecule has 0 fully saturated rings. The van der Waals surface area contributed by atoms with Crippen LogP contribution in [-0.2, 0) is 9.53 Å². The molecule has 0 atom stereocenters. The summed E-state index contributed by atoms with van der Waals surface area (Å²) >= 11 is 0. The number of ether oxygens (including phenoxy) is 3. The molecule has 0 aliphatic carbocycles. The second kappa shape index (κ2) is 8.75. The van der Waals surface area contributed by atoms with Gasteiger partial charge in [0, 0.05) is 6.07 Å². The molecule has 0 bridgehead atoms. The van der Waals surface area contributed by atoms with Gasteiger partial charge in [0.1, 0.15) is 11.5 Å². The van der Waals surface area contributed by atoms with Crippen LogP contribution in [0.4, 0.5) is 5.69 Å². The van der Waals surface area contributed by atoms with Crippen LogP contribution in [0, 0.1) is 0 Å². The van der Waals surface area contributed by atoms with Crippen molar-refractivity contribution >= 4 is 39.1 Å². The minimum absolute atomic E-state index is 0.425. The molecule has 1 amide bonds. The van der Waals surface area contributed by atoms with Crippen LogP contribution >= 0.6 is 0 Å². The van der Waals surface area contributed by atoms with E-state index < -0.39 is 18.5 Å².